The van der Waals surface area contributed by atoms with Crippen molar-refractivity contribution in [2.75, 3.05) is 30.1 Å². The minimum absolute atomic E-state index is 0.0453. The van der Waals surface area contributed by atoms with Crippen molar-refractivity contribution in [2.45, 2.75) is 0 Å². The van der Waals surface area contributed by atoms with Crippen molar-refractivity contribution in [1.82, 2.24) is 39.8 Å². The molecule has 6 rings (SSSR count). The lowest BCUT2D eigenvalue weighted by Gasteiger charge is -2.25. The number of carbonyl (C=O) groups is 1. The van der Waals surface area contributed by atoms with E-state index in [1.54, 1.807) is 29.5 Å². The summed E-state index contributed by atoms with van der Waals surface area (Å²) >= 11 is 0. The highest BCUT2D eigenvalue weighted by Gasteiger charge is 2.21. The molecule has 0 atom stereocenters. The fourth-order valence-electron chi connectivity index (χ4n) is 3.51. The van der Waals surface area contributed by atoms with Crippen LogP contribution < -0.4 is 10.3 Å². The van der Waals surface area contributed by atoms with Gasteiger partial charge in [0.15, 0.2) is 11.2 Å². The number of nitrogens with zero attached hydrogens (tertiary/aromatic N) is 9. The number of aromatic nitrogens is 8. The third kappa shape index (κ3) is 3.18. The summed E-state index contributed by atoms with van der Waals surface area (Å²) in [5, 5.41) is 18.3. The van der Waals surface area contributed by atoms with Gasteiger partial charge in [0, 0.05) is 11.6 Å². The first-order chi connectivity index (χ1) is 15.7. The van der Waals surface area contributed by atoms with E-state index in [1.807, 2.05) is 30.3 Å². The first-order valence-corrected chi connectivity index (χ1v) is 9.88. The van der Waals surface area contributed by atoms with Crippen LogP contribution in [0.3, 0.4) is 0 Å². The topological polar surface area (TPSA) is 129 Å². The molecule has 5 aromatic rings. The molecular weight excluding hydrogens is 412 g/mol. The normalized spacial score (nSPS) is 14.4. The van der Waals surface area contributed by atoms with Crippen LogP contribution in [0.5, 0.6) is 0 Å². The van der Waals surface area contributed by atoms with Gasteiger partial charge in [-0.3, -0.25) is 9.78 Å². The summed E-state index contributed by atoms with van der Waals surface area (Å²) in [6.45, 7) is 0.951. The molecule has 1 fully saturated rings. The molecule has 1 N–H and O–H groups in total. The largest absolute Gasteiger partial charge is 0.370 e. The molecule has 12 nitrogen and oxygen atoms in total. The van der Waals surface area contributed by atoms with E-state index in [9.17, 15) is 4.79 Å². The monoisotopic (exact) mass is 428 g/mol. The van der Waals surface area contributed by atoms with Crippen LogP contribution in [-0.4, -0.2) is 65.5 Å². The molecule has 12 heteroatoms. The van der Waals surface area contributed by atoms with E-state index in [2.05, 4.69) is 35.7 Å². The summed E-state index contributed by atoms with van der Waals surface area (Å²) < 4.78 is 6.80. The van der Waals surface area contributed by atoms with Crippen molar-refractivity contribution < 1.29 is 9.53 Å². The van der Waals surface area contributed by atoms with Gasteiger partial charge in [0.05, 0.1) is 48.6 Å². The lowest BCUT2D eigenvalue weighted by molar-refractivity contribution is -0.128. The smallest absolute Gasteiger partial charge is 0.268 e. The molecular formula is C20H16N10O2. The minimum Gasteiger partial charge on any atom is -0.370 e. The number of hydrogen-bond acceptors (Lipinski definition) is 9. The van der Waals surface area contributed by atoms with Gasteiger partial charge in [0.25, 0.3) is 5.91 Å². The van der Waals surface area contributed by atoms with Crippen LogP contribution in [0.25, 0.3) is 27.8 Å². The molecule has 158 valence electrons. The third-order valence-corrected chi connectivity index (χ3v) is 5.06. The Morgan fingerprint density at radius 3 is 3.00 bits per heavy atom. The van der Waals surface area contributed by atoms with Gasteiger partial charge in [-0.05, 0) is 18.2 Å². The molecule has 0 radical (unpaired) electrons. The van der Waals surface area contributed by atoms with Crippen LogP contribution in [0.1, 0.15) is 0 Å². The number of rotatable bonds is 4. The lowest BCUT2D eigenvalue weighted by Crippen LogP contribution is -2.48. The molecule has 5 heterocycles. The highest BCUT2D eigenvalue weighted by Crippen LogP contribution is 2.20. The summed E-state index contributed by atoms with van der Waals surface area (Å²) in [5.41, 5.74) is 3.39. The van der Waals surface area contributed by atoms with E-state index < -0.39 is 0 Å². The van der Waals surface area contributed by atoms with E-state index in [-0.39, 0.29) is 12.5 Å². The number of hydrogen-bond donors (Lipinski definition) is 1. The summed E-state index contributed by atoms with van der Waals surface area (Å²) in [6, 6.07) is 9.75. The first kappa shape index (κ1) is 18.3. The fraction of sp³-hybridized carbons (Fsp3) is 0.150. The molecule has 1 saturated heterocycles. The van der Waals surface area contributed by atoms with Gasteiger partial charge in [0.1, 0.15) is 6.61 Å². The van der Waals surface area contributed by atoms with Crippen molar-refractivity contribution in [3.8, 4) is 5.69 Å². The highest BCUT2D eigenvalue weighted by atomic mass is 16.5. The van der Waals surface area contributed by atoms with Crippen LogP contribution in [0.15, 0.2) is 55.1 Å². The maximum Gasteiger partial charge on any atom is 0.268 e. The van der Waals surface area contributed by atoms with Gasteiger partial charge in [-0.15, -0.1) is 5.10 Å². The Morgan fingerprint density at radius 1 is 1.09 bits per heavy atom. The van der Waals surface area contributed by atoms with E-state index >= 15 is 0 Å². The molecule has 1 aliphatic rings. The molecule has 0 unspecified atom stereocenters. The molecule has 1 amide bonds. The second-order valence-corrected chi connectivity index (χ2v) is 7.13. The molecule has 0 saturated carbocycles. The van der Waals surface area contributed by atoms with Crippen LogP contribution >= 0.6 is 0 Å². The Labute approximate surface area is 180 Å². The second-order valence-electron chi connectivity index (χ2n) is 7.13. The third-order valence-electron chi connectivity index (χ3n) is 5.06. The highest BCUT2D eigenvalue weighted by molar-refractivity contribution is 5.87. The van der Waals surface area contributed by atoms with Gasteiger partial charge in [-0.25, -0.2) is 9.99 Å². The van der Waals surface area contributed by atoms with Crippen molar-refractivity contribution in [3.63, 3.8) is 0 Å². The van der Waals surface area contributed by atoms with Crippen LogP contribution in [0.2, 0.25) is 0 Å². The number of benzene rings is 1. The summed E-state index contributed by atoms with van der Waals surface area (Å²) in [7, 11) is 0. The van der Waals surface area contributed by atoms with Gasteiger partial charge < -0.3 is 10.1 Å². The number of morpholine rings is 1. The molecule has 1 aromatic carbocycles. The lowest BCUT2D eigenvalue weighted by atomic mass is 10.2. The molecule has 0 aliphatic carbocycles. The standard InChI is InChI=1S/C20H16N10O2/c31-18-12-32-7-6-28(18)29-11-14(9-23-29)24-20-22-10-17-19(25-20)30(27-26-17)15-4-3-13-2-1-5-21-16(13)8-15/h1-5,8-11H,6-7,12H2,(H,22,24,25). The number of anilines is 2. The quantitative estimate of drug-likeness (QED) is 0.449. The Morgan fingerprint density at radius 2 is 2.06 bits per heavy atom. The maximum absolute atomic E-state index is 12.0. The zero-order valence-corrected chi connectivity index (χ0v) is 16.7. The average molecular weight is 428 g/mol. The van der Waals surface area contributed by atoms with Crippen LogP contribution in [-0.2, 0) is 9.53 Å². The van der Waals surface area contributed by atoms with Gasteiger partial charge >= 0.3 is 0 Å². The van der Waals surface area contributed by atoms with E-state index in [1.165, 1.54) is 9.80 Å². The number of nitrogens with one attached hydrogen (secondary N) is 1. The number of amides is 1. The van der Waals surface area contributed by atoms with Gasteiger partial charge in [-0.2, -0.15) is 19.6 Å². The Kier molecular flexibility index (Phi) is 4.21. The zero-order chi connectivity index (χ0) is 21.5. The van der Waals surface area contributed by atoms with Crippen molar-refractivity contribution in [2.24, 2.45) is 0 Å². The zero-order valence-electron chi connectivity index (χ0n) is 16.7. The first-order valence-electron chi connectivity index (χ1n) is 9.88. The summed E-state index contributed by atoms with van der Waals surface area (Å²) in [5.74, 6) is 0.205. The Balaban J connectivity index is 1.31. The minimum atomic E-state index is -0.150. The van der Waals surface area contributed by atoms with Crippen LogP contribution in [0.4, 0.5) is 11.6 Å². The second kappa shape index (κ2) is 7.35. The van der Waals surface area contributed by atoms with Gasteiger partial charge in [0.2, 0.25) is 5.95 Å². The van der Waals surface area contributed by atoms with Gasteiger partial charge in [-0.1, -0.05) is 17.3 Å². The average Bonchev–Trinajstić information content (AvgIpc) is 3.46. The van der Waals surface area contributed by atoms with E-state index in [4.69, 9.17) is 4.74 Å². The van der Waals surface area contributed by atoms with Crippen molar-refractivity contribution in [3.05, 3.63) is 55.1 Å². The van der Waals surface area contributed by atoms with Crippen molar-refractivity contribution >= 4 is 39.6 Å². The predicted molar refractivity (Wildman–Crippen MR) is 114 cm³/mol. The number of pyridine rings is 1. The Hall–Kier alpha value is -4.45. The summed E-state index contributed by atoms with van der Waals surface area (Å²) in [4.78, 5) is 26.8. The van der Waals surface area contributed by atoms with Crippen molar-refractivity contribution in [1.29, 1.82) is 0 Å². The number of ether oxygens (including phenoxy) is 1. The van der Waals surface area contributed by atoms with E-state index in [0.717, 1.165) is 16.6 Å². The fourth-order valence-corrected chi connectivity index (χ4v) is 3.51. The molecule has 32 heavy (non-hydrogen) atoms. The number of fused-ring (bicyclic) bond motifs is 2. The molecule has 0 spiro atoms. The molecule has 0 bridgehead atoms. The summed E-state index contributed by atoms with van der Waals surface area (Å²) in [6.07, 6.45) is 6.64. The van der Waals surface area contributed by atoms with E-state index in [0.29, 0.717) is 36.0 Å². The molecule has 4 aromatic heterocycles. The molecule has 1 aliphatic heterocycles. The Bertz CT molecular complexity index is 1460. The number of carbonyl (C=O) groups excluding carboxylic acids is 1. The van der Waals surface area contributed by atoms with Crippen LogP contribution in [0, 0.1) is 0 Å². The maximum atomic E-state index is 12.0. The predicted octanol–water partition coefficient (Wildman–Crippen LogP) is 1.19. The SMILES string of the molecule is O=C1COCCN1n1cc(Nc2ncc3nnn(-c4ccc5cccnc5c4)c3n2)cn1.